The Hall–Kier alpha value is -3.02. The Labute approximate surface area is 155 Å². The van der Waals surface area contributed by atoms with Gasteiger partial charge in [-0.15, -0.1) is 0 Å². The summed E-state index contributed by atoms with van der Waals surface area (Å²) in [5.74, 6) is 0.709. The largest absolute Gasteiger partial charge is 0.337 e. The van der Waals surface area contributed by atoms with Crippen molar-refractivity contribution in [2.45, 2.75) is 38.3 Å². The molecule has 0 N–H and O–H groups in total. The molecular weight excluding hydrogens is 345 g/mol. The summed E-state index contributed by atoms with van der Waals surface area (Å²) in [7, 11) is 0. The molecule has 136 valence electrons. The Bertz CT molecular complexity index is 1060. The molecule has 0 unspecified atom stereocenters. The number of carbonyl (C=O) groups excluding carboxylic acids is 1. The fourth-order valence-corrected chi connectivity index (χ4v) is 3.97. The molecule has 1 aliphatic carbocycles. The lowest BCUT2D eigenvalue weighted by Crippen LogP contribution is -2.23. The van der Waals surface area contributed by atoms with E-state index in [1.54, 1.807) is 17.0 Å². The van der Waals surface area contributed by atoms with E-state index in [1.807, 2.05) is 31.2 Å². The molecule has 5 nitrogen and oxygen atoms in total. The zero-order chi connectivity index (χ0) is 18.6. The second-order valence-corrected chi connectivity index (χ2v) is 7.37. The molecule has 27 heavy (non-hydrogen) atoms. The minimum atomic E-state index is -0.369. The topological polar surface area (TPSA) is 59.2 Å². The first kappa shape index (κ1) is 16.2. The van der Waals surface area contributed by atoms with Crippen molar-refractivity contribution in [3.05, 3.63) is 82.3 Å². The molecule has 0 radical (unpaired) electrons. The molecule has 2 aromatic carbocycles. The summed E-state index contributed by atoms with van der Waals surface area (Å²) in [6.07, 6.45) is 1.73. The molecule has 0 bridgehead atoms. The first-order chi connectivity index (χ1) is 13.1. The van der Waals surface area contributed by atoms with Gasteiger partial charge in [-0.3, -0.25) is 4.79 Å². The molecule has 1 fully saturated rings. The van der Waals surface area contributed by atoms with Crippen LogP contribution in [-0.2, 0) is 18.5 Å². The third-order valence-electron chi connectivity index (χ3n) is 5.58. The molecule has 5 rings (SSSR count). The number of hydrogen-bond donors (Lipinski definition) is 0. The average molecular weight is 363 g/mol. The summed E-state index contributed by atoms with van der Waals surface area (Å²) < 4.78 is 19.2. The lowest BCUT2D eigenvalue weighted by Gasteiger charge is -2.14. The predicted molar refractivity (Wildman–Crippen MR) is 95.5 cm³/mol. The summed E-state index contributed by atoms with van der Waals surface area (Å²) in [6.45, 7) is 2.79. The molecule has 1 amide bonds. The molecule has 1 saturated carbocycles. The number of aromatic nitrogens is 2. The van der Waals surface area contributed by atoms with Gasteiger partial charge in [0.15, 0.2) is 5.82 Å². The van der Waals surface area contributed by atoms with Crippen LogP contribution in [0.4, 0.5) is 4.39 Å². The Morgan fingerprint density at radius 2 is 2.04 bits per heavy atom. The first-order valence-corrected chi connectivity index (χ1v) is 9.04. The van der Waals surface area contributed by atoms with Crippen LogP contribution in [0.3, 0.4) is 0 Å². The van der Waals surface area contributed by atoms with Gasteiger partial charge in [-0.25, -0.2) is 4.39 Å². The van der Waals surface area contributed by atoms with Gasteiger partial charge in [-0.2, -0.15) is 4.98 Å². The van der Waals surface area contributed by atoms with Crippen molar-refractivity contribution in [3.63, 3.8) is 0 Å². The summed E-state index contributed by atoms with van der Waals surface area (Å²) in [4.78, 5) is 18.8. The minimum Gasteiger partial charge on any atom is -0.337 e. The van der Waals surface area contributed by atoms with E-state index >= 15 is 0 Å². The third-order valence-corrected chi connectivity index (χ3v) is 5.58. The van der Waals surface area contributed by atoms with Crippen LogP contribution in [0.15, 0.2) is 47.0 Å². The summed E-state index contributed by atoms with van der Waals surface area (Å²) in [5, 5.41) is 4.17. The Morgan fingerprint density at radius 1 is 1.22 bits per heavy atom. The van der Waals surface area contributed by atoms with Crippen molar-refractivity contribution in [1.29, 1.82) is 0 Å². The lowest BCUT2D eigenvalue weighted by molar-refractivity contribution is 0.0748. The van der Waals surface area contributed by atoms with E-state index < -0.39 is 0 Å². The fourth-order valence-electron chi connectivity index (χ4n) is 3.97. The molecular formula is C21H18FN3O2. The Kier molecular flexibility index (Phi) is 3.44. The second kappa shape index (κ2) is 5.74. The molecule has 2 aliphatic rings. The lowest BCUT2D eigenvalue weighted by atomic mass is 9.91. The second-order valence-electron chi connectivity index (χ2n) is 7.37. The maximum absolute atomic E-state index is 13.8. The summed E-state index contributed by atoms with van der Waals surface area (Å²) >= 11 is 0. The van der Waals surface area contributed by atoms with Crippen molar-refractivity contribution >= 4 is 5.91 Å². The van der Waals surface area contributed by atoms with Gasteiger partial charge in [0.05, 0.1) is 5.41 Å². The van der Waals surface area contributed by atoms with Gasteiger partial charge >= 0.3 is 0 Å². The highest BCUT2D eigenvalue weighted by Crippen LogP contribution is 2.53. The maximum atomic E-state index is 13.8. The van der Waals surface area contributed by atoms with Gasteiger partial charge in [0.1, 0.15) is 12.4 Å². The van der Waals surface area contributed by atoms with Crippen LogP contribution in [0.25, 0.3) is 0 Å². The van der Waals surface area contributed by atoms with Crippen molar-refractivity contribution in [2.24, 2.45) is 0 Å². The monoisotopic (exact) mass is 363 g/mol. The number of hydrogen-bond acceptors (Lipinski definition) is 4. The van der Waals surface area contributed by atoms with Crippen LogP contribution >= 0.6 is 0 Å². The normalized spacial score (nSPS) is 17.3. The number of halogens is 1. The number of amides is 1. The molecule has 1 aromatic heterocycles. The number of benzene rings is 2. The van der Waals surface area contributed by atoms with E-state index in [2.05, 4.69) is 10.1 Å². The molecule has 0 saturated heterocycles. The Balaban J connectivity index is 1.40. The van der Waals surface area contributed by atoms with Crippen LogP contribution in [0, 0.1) is 12.7 Å². The highest BCUT2D eigenvalue weighted by Gasteiger charge is 2.51. The molecule has 1 aliphatic heterocycles. The first-order valence-electron chi connectivity index (χ1n) is 9.04. The highest BCUT2D eigenvalue weighted by molar-refractivity contribution is 5.98. The molecule has 0 spiro atoms. The van der Waals surface area contributed by atoms with Crippen molar-refractivity contribution in [3.8, 4) is 0 Å². The van der Waals surface area contributed by atoms with E-state index in [0.29, 0.717) is 18.3 Å². The average Bonchev–Trinajstić information content (AvgIpc) is 3.24. The van der Waals surface area contributed by atoms with Gasteiger partial charge in [0.25, 0.3) is 5.91 Å². The third kappa shape index (κ3) is 2.55. The summed E-state index contributed by atoms with van der Waals surface area (Å²) in [5.41, 5.74) is 3.30. The van der Waals surface area contributed by atoms with Crippen LogP contribution in [0.5, 0.6) is 0 Å². The standard InChI is InChI=1S/C21H18FN3O2/c1-13-6-7-15(22)10-17(13)21(8-9-21)20-23-18(27-24-20)12-25-11-14-4-2-3-5-16(14)19(25)26/h2-7,10H,8-9,11-12H2,1H3. The zero-order valence-electron chi connectivity index (χ0n) is 14.9. The SMILES string of the molecule is Cc1ccc(F)cc1C1(c2noc(CN3Cc4ccccc4C3=O)n2)CC1. The van der Waals surface area contributed by atoms with E-state index in [0.717, 1.165) is 35.1 Å². The smallest absolute Gasteiger partial charge is 0.254 e. The van der Waals surface area contributed by atoms with Gasteiger partial charge < -0.3 is 9.42 Å². The van der Waals surface area contributed by atoms with Crippen molar-refractivity contribution < 1.29 is 13.7 Å². The van der Waals surface area contributed by atoms with Crippen LogP contribution in [0.1, 0.15) is 51.6 Å². The van der Waals surface area contributed by atoms with Gasteiger partial charge in [-0.1, -0.05) is 29.4 Å². The summed E-state index contributed by atoms with van der Waals surface area (Å²) in [6, 6.07) is 12.4. The number of fused-ring (bicyclic) bond motifs is 1. The maximum Gasteiger partial charge on any atom is 0.254 e. The van der Waals surface area contributed by atoms with E-state index in [9.17, 15) is 9.18 Å². The van der Waals surface area contributed by atoms with Gasteiger partial charge in [0.2, 0.25) is 5.89 Å². The minimum absolute atomic E-state index is 0.0209. The van der Waals surface area contributed by atoms with Gasteiger partial charge in [-0.05, 0) is 54.7 Å². The van der Waals surface area contributed by atoms with Crippen molar-refractivity contribution in [1.82, 2.24) is 15.0 Å². The van der Waals surface area contributed by atoms with Crippen LogP contribution in [0.2, 0.25) is 0 Å². The zero-order valence-corrected chi connectivity index (χ0v) is 14.9. The quantitative estimate of drug-likeness (QED) is 0.708. The Morgan fingerprint density at radius 3 is 2.81 bits per heavy atom. The fraction of sp³-hybridized carbons (Fsp3) is 0.286. The van der Waals surface area contributed by atoms with E-state index in [1.165, 1.54) is 6.07 Å². The van der Waals surface area contributed by atoms with Gasteiger partial charge in [0, 0.05) is 12.1 Å². The molecule has 3 aromatic rings. The van der Waals surface area contributed by atoms with E-state index in [4.69, 9.17) is 4.52 Å². The molecule has 6 heteroatoms. The number of aryl methyl sites for hydroxylation is 1. The van der Waals surface area contributed by atoms with E-state index in [-0.39, 0.29) is 23.7 Å². The van der Waals surface area contributed by atoms with Crippen molar-refractivity contribution in [2.75, 3.05) is 0 Å². The van der Waals surface area contributed by atoms with Crippen LogP contribution < -0.4 is 0 Å². The van der Waals surface area contributed by atoms with Crippen LogP contribution in [-0.4, -0.2) is 20.9 Å². The number of rotatable bonds is 4. The number of carbonyl (C=O) groups is 1. The molecule has 2 heterocycles. The predicted octanol–water partition coefficient (Wildman–Crippen LogP) is 3.75. The molecule has 0 atom stereocenters. The highest BCUT2D eigenvalue weighted by atomic mass is 19.1. The number of nitrogens with zero attached hydrogens (tertiary/aromatic N) is 3.